The summed E-state index contributed by atoms with van der Waals surface area (Å²) >= 11 is 0. The van der Waals surface area contributed by atoms with Gasteiger partial charge in [0, 0.05) is 0 Å². The third-order valence-electron chi connectivity index (χ3n) is 4.77. The lowest BCUT2D eigenvalue weighted by atomic mass is 9.98. The molecule has 1 aliphatic rings. The topological polar surface area (TPSA) is 102 Å². The summed E-state index contributed by atoms with van der Waals surface area (Å²) in [6.07, 6.45) is 7.21. The molecule has 5 atom stereocenters. The first-order chi connectivity index (χ1) is 11.6. The van der Waals surface area contributed by atoms with Gasteiger partial charge in [0.05, 0.1) is 6.61 Å². The highest BCUT2D eigenvalue weighted by atomic mass is 16.6. The van der Waals surface area contributed by atoms with E-state index in [-0.39, 0.29) is 6.61 Å². The van der Waals surface area contributed by atoms with Crippen LogP contribution in [0.25, 0.3) is 0 Å². The van der Waals surface area contributed by atoms with Gasteiger partial charge in [0.2, 0.25) is 0 Å². The van der Waals surface area contributed by atoms with E-state index in [1.165, 1.54) is 51.4 Å². The Bertz CT molecular complexity index is 303. The minimum absolute atomic E-state index is 0.388. The van der Waals surface area contributed by atoms with Crippen LogP contribution in [-0.2, 0) is 4.74 Å². The molecular weight excluding hydrogens is 310 g/mol. The minimum Gasteiger partial charge on any atom is -0.394 e. The molecule has 6 nitrogen and oxygen atoms in total. The highest BCUT2D eigenvalue weighted by Crippen LogP contribution is 2.19. The summed E-state index contributed by atoms with van der Waals surface area (Å²) in [6, 6.07) is 0. The SMILES string of the molecule is CCCCCCCCCCCCN[C@@H]1O[C@H](CO)[C@H](O)[C@H](O)[C@H]1O. The molecule has 5 N–H and O–H groups in total. The van der Waals surface area contributed by atoms with Crippen LogP contribution in [0, 0.1) is 0 Å². The number of hydrogen-bond donors (Lipinski definition) is 5. The van der Waals surface area contributed by atoms with E-state index in [0.29, 0.717) is 6.54 Å². The van der Waals surface area contributed by atoms with Gasteiger partial charge >= 0.3 is 0 Å². The van der Waals surface area contributed by atoms with Crippen molar-refractivity contribution in [3.05, 3.63) is 0 Å². The Balaban J connectivity index is 2.02. The Hall–Kier alpha value is -0.240. The predicted molar refractivity (Wildman–Crippen MR) is 93.6 cm³/mol. The Morgan fingerprint density at radius 2 is 1.29 bits per heavy atom. The van der Waals surface area contributed by atoms with E-state index in [2.05, 4.69) is 12.2 Å². The third kappa shape index (κ3) is 7.76. The van der Waals surface area contributed by atoms with Crippen LogP contribution >= 0.6 is 0 Å². The van der Waals surface area contributed by atoms with Crippen molar-refractivity contribution in [1.82, 2.24) is 5.32 Å². The fourth-order valence-corrected chi connectivity index (χ4v) is 3.13. The quantitative estimate of drug-likeness (QED) is 0.322. The maximum atomic E-state index is 9.90. The van der Waals surface area contributed by atoms with E-state index >= 15 is 0 Å². The van der Waals surface area contributed by atoms with Gasteiger partial charge in [-0.3, -0.25) is 5.32 Å². The smallest absolute Gasteiger partial charge is 0.137 e. The molecule has 6 heteroatoms. The summed E-state index contributed by atoms with van der Waals surface area (Å²) in [5.74, 6) is 0. The number of hydrogen-bond acceptors (Lipinski definition) is 6. The molecule has 1 heterocycles. The predicted octanol–water partition coefficient (Wildman–Crippen LogP) is 1.30. The van der Waals surface area contributed by atoms with Crippen molar-refractivity contribution in [2.24, 2.45) is 0 Å². The number of rotatable bonds is 13. The minimum atomic E-state index is -1.30. The van der Waals surface area contributed by atoms with Gasteiger partial charge in [0.15, 0.2) is 0 Å². The molecule has 1 aliphatic heterocycles. The van der Waals surface area contributed by atoms with Gasteiger partial charge < -0.3 is 25.2 Å². The Labute approximate surface area is 146 Å². The molecule has 0 unspecified atom stereocenters. The van der Waals surface area contributed by atoms with Crippen LogP contribution in [0.3, 0.4) is 0 Å². The first-order valence-electron chi connectivity index (χ1n) is 9.65. The molecule has 1 fully saturated rings. The molecule has 0 spiro atoms. The zero-order valence-corrected chi connectivity index (χ0v) is 15.1. The van der Waals surface area contributed by atoms with E-state index in [4.69, 9.17) is 9.84 Å². The highest BCUT2D eigenvalue weighted by Gasteiger charge is 2.42. The molecule has 1 saturated heterocycles. The second kappa shape index (κ2) is 13.0. The van der Waals surface area contributed by atoms with Crippen molar-refractivity contribution in [2.45, 2.75) is 102 Å². The molecule has 0 aromatic heterocycles. The summed E-state index contributed by atoms with van der Waals surface area (Å²) in [4.78, 5) is 0. The molecule has 0 aliphatic carbocycles. The number of unbranched alkanes of at least 4 members (excludes halogenated alkanes) is 9. The van der Waals surface area contributed by atoms with Crippen LogP contribution in [-0.4, -0.2) is 64.2 Å². The molecule has 0 radical (unpaired) electrons. The lowest BCUT2D eigenvalue weighted by Gasteiger charge is -2.40. The summed E-state index contributed by atoms with van der Waals surface area (Å²) in [5, 5.41) is 41.5. The van der Waals surface area contributed by atoms with E-state index in [1.54, 1.807) is 0 Å². The lowest BCUT2D eigenvalue weighted by Crippen LogP contribution is -2.62. The fourth-order valence-electron chi connectivity index (χ4n) is 3.13. The van der Waals surface area contributed by atoms with Gasteiger partial charge in [0.1, 0.15) is 30.6 Å². The first kappa shape index (κ1) is 21.8. The van der Waals surface area contributed by atoms with Crippen LogP contribution < -0.4 is 5.32 Å². The van der Waals surface area contributed by atoms with Crippen LogP contribution in [0.5, 0.6) is 0 Å². The van der Waals surface area contributed by atoms with Crippen molar-refractivity contribution in [3.63, 3.8) is 0 Å². The van der Waals surface area contributed by atoms with Crippen molar-refractivity contribution < 1.29 is 25.2 Å². The van der Waals surface area contributed by atoms with Crippen molar-refractivity contribution >= 4 is 0 Å². The molecule has 144 valence electrons. The number of ether oxygens (including phenoxy) is 1. The van der Waals surface area contributed by atoms with Crippen molar-refractivity contribution in [3.8, 4) is 0 Å². The van der Waals surface area contributed by atoms with E-state index in [1.807, 2.05) is 0 Å². The largest absolute Gasteiger partial charge is 0.394 e. The molecule has 0 aromatic carbocycles. The first-order valence-corrected chi connectivity index (χ1v) is 9.65. The number of nitrogens with one attached hydrogen (secondary N) is 1. The Kier molecular flexibility index (Phi) is 11.8. The molecule has 0 aromatic rings. The van der Waals surface area contributed by atoms with Crippen LogP contribution in [0.15, 0.2) is 0 Å². The Morgan fingerprint density at radius 1 is 0.750 bits per heavy atom. The highest BCUT2D eigenvalue weighted by molar-refractivity contribution is 4.90. The number of aliphatic hydroxyl groups is 4. The molecule has 1 rings (SSSR count). The van der Waals surface area contributed by atoms with Crippen molar-refractivity contribution in [1.29, 1.82) is 0 Å². The summed E-state index contributed by atoms with van der Waals surface area (Å²) in [7, 11) is 0. The second-order valence-corrected chi connectivity index (χ2v) is 6.89. The maximum absolute atomic E-state index is 9.90. The molecule has 0 saturated carbocycles. The summed E-state index contributed by atoms with van der Waals surface area (Å²) in [6.45, 7) is 2.53. The van der Waals surface area contributed by atoms with Crippen molar-refractivity contribution in [2.75, 3.05) is 13.2 Å². The van der Waals surface area contributed by atoms with Gasteiger partial charge in [-0.2, -0.15) is 0 Å². The zero-order chi connectivity index (χ0) is 17.8. The lowest BCUT2D eigenvalue weighted by molar-refractivity contribution is -0.236. The van der Waals surface area contributed by atoms with Gasteiger partial charge in [-0.15, -0.1) is 0 Å². The second-order valence-electron chi connectivity index (χ2n) is 6.89. The van der Waals surface area contributed by atoms with E-state index in [0.717, 1.165) is 12.8 Å². The fraction of sp³-hybridized carbons (Fsp3) is 1.00. The molecular formula is C18H37NO5. The van der Waals surface area contributed by atoms with Crippen LogP contribution in [0.1, 0.15) is 71.1 Å². The molecule has 24 heavy (non-hydrogen) atoms. The van der Waals surface area contributed by atoms with E-state index < -0.39 is 30.6 Å². The van der Waals surface area contributed by atoms with Gasteiger partial charge in [-0.1, -0.05) is 64.7 Å². The summed E-state index contributed by atoms with van der Waals surface area (Å²) in [5.41, 5.74) is 0. The average Bonchev–Trinajstić information content (AvgIpc) is 2.59. The third-order valence-corrected chi connectivity index (χ3v) is 4.77. The monoisotopic (exact) mass is 347 g/mol. The van der Waals surface area contributed by atoms with Gasteiger partial charge in [0.25, 0.3) is 0 Å². The molecule has 0 amide bonds. The van der Waals surface area contributed by atoms with Crippen LogP contribution in [0.4, 0.5) is 0 Å². The summed E-state index contributed by atoms with van der Waals surface area (Å²) < 4.78 is 5.40. The maximum Gasteiger partial charge on any atom is 0.137 e. The number of aliphatic hydroxyl groups excluding tert-OH is 4. The average molecular weight is 347 g/mol. The standard InChI is InChI=1S/C18H37NO5/c1-2-3-4-5-6-7-8-9-10-11-12-19-18-17(23)16(22)15(21)14(13-20)24-18/h14-23H,2-13H2,1H3/t14-,15+,16+,17-,18-/m1/s1. The van der Waals surface area contributed by atoms with Crippen LogP contribution in [0.2, 0.25) is 0 Å². The van der Waals surface area contributed by atoms with Gasteiger partial charge in [-0.05, 0) is 13.0 Å². The van der Waals surface area contributed by atoms with Gasteiger partial charge in [-0.25, -0.2) is 0 Å². The normalized spacial score (nSPS) is 30.6. The van der Waals surface area contributed by atoms with E-state index in [9.17, 15) is 15.3 Å². The Morgan fingerprint density at radius 3 is 1.83 bits per heavy atom. The molecule has 0 bridgehead atoms. The zero-order valence-electron chi connectivity index (χ0n) is 15.1.